The molecule has 5 nitrogen and oxygen atoms in total. The number of amides is 1. The lowest BCUT2D eigenvalue weighted by atomic mass is 10.2. The topological polar surface area (TPSA) is 70.7 Å². The molecule has 0 aliphatic rings. The summed E-state index contributed by atoms with van der Waals surface area (Å²) in [7, 11) is 0. The highest BCUT2D eigenvalue weighted by atomic mass is 16.1. The van der Waals surface area contributed by atoms with E-state index in [0.717, 1.165) is 10.9 Å². The number of hydrogen-bond donors (Lipinski definition) is 2. The number of H-pyrrole nitrogens is 1. The number of nitrogens with zero attached hydrogens (tertiary/aromatic N) is 2. The van der Waals surface area contributed by atoms with Crippen LogP contribution < -0.4 is 5.32 Å². The number of carbonyl (C=O) groups excluding carboxylic acids is 1. The Bertz CT molecular complexity index is 503. The average Bonchev–Trinajstić information content (AvgIpc) is 2.69. The molecule has 0 atom stereocenters. The van der Waals surface area contributed by atoms with Gasteiger partial charge in [-0.3, -0.25) is 14.9 Å². The van der Waals surface area contributed by atoms with Gasteiger partial charge in [0.05, 0.1) is 10.9 Å². The minimum absolute atomic E-state index is 0.159. The first kappa shape index (κ1) is 10.6. The van der Waals surface area contributed by atoms with Gasteiger partial charge in [-0.25, -0.2) is 0 Å². The van der Waals surface area contributed by atoms with Crippen molar-refractivity contribution in [2.75, 3.05) is 6.54 Å². The predicted molar refractivity (Wildman–Crippen MR) is 61.1 cm³/mol. The van der Waals surface area contributed by atoms with Crippen LogP contribution in [0.5, 0.6) is 0 Å². The van der Waals surface area contributed by atoms with Crippen LogP contribution in [0, 0.1) is 5.92 Å². The van der Waals surface area contributed by atoms with Crippen LogP contribution >= 0.6 is 0 Å². The normalized spacial score (nSPS) is 10.9. The fraction of sp³-hybridized carbons (Fsp3) is 0.364. The lowest BCUT2D eigenvalue weighted by Crippen LogP contribution is -2.27. The van der Waals surface area contributed by atoms with Gasteiger partial charge in [-0.05, 0) is 12.0 Å². The maximum atomic E-state index is 11.8. The first-order chi connectivity index (χ1) is 7.68. The van der Waals surface area contributed by atoms with Crippen molar-refractivity contribution in [1.82, 2.24) is 20.5 Å². The molecule has 0 spiro atoms. The van der Waals surface area contributed by atoms with E-state index in [9.17, 15) is 4.79 Å². The molecule has 2 N–H and O–H groups in total. The smallest absolute Gasteiger partial charge is 0.272 e. The minimum Gasteiger partial charge on any atom is -0.350 e. The van der Waals surface area contributed by atoms with Crippen molar-refractivity contribution in [3.63, 3.8) is 0 Å². The van der Waals surface area contributed by atoms with E-state index in [4.69, 9.17) is 0 Å². The molecule has 2 aromatic rings. The van der Waals surface area contributed by atoms with E-state index in [1.807, 2.05) is 13.8 Å². The van der Waals surface area contributed by atoms with E-state index in [2.05, 4.69) is 20.5 Å². The van der Waals surface area contributed by atoms with Crippen LogP contribution in [0.2, 0.25) is 0 Å². The second kappa shape index (κ2) is 4.30. The largest absolute Gasteiger partial charge is 0.350 e. The first-order valence-electron chi connectivity index (χ1n) is 5.24. The zero-order valence-electron chi connectivity index (χ0n) is 9.32. The molecule has 2 aromatic heterocycles. The lowest BCUT2D eigenvalue weighted by molar-refractivity contribution is 0.0945. The standard InChI is InChI=1S/C11H14N4O/c1-7(2)5-13-11(16)10-8-6-12-4-3-9(8)14-15-10/h3-4,6-7H,5H2,1-2H3,(H,13,16)(H,14,15). The quantitative estimate of drug-likeness (QED) is 0.816. The van der Waals surface area contributed by atoms with Crippen molar-refractivity contribution in [1.29, 1.82) is 0 Å². The molecule has 0 fully saturated rings. The highest BCUT2D eigenvalue weighted by Crippen LogP contribution is 2.13. The Balaban J connectivity index is 2.23. The van der Waals surface area contributed by atoms with E-state index in [-0.39, 0.29) is 5.91 Å². The molecule has 0 saturated heterocycles. The van der Waals surface area contributed by atoms with Crippen LogP contribution in [-0.4, -0.2) is 27.6 Å². The highest BCUT2D eigenvalue weighted by Gasteiger charge is 2.13. The third kappa shape index (κ3) is 2.03. The molecular formula is C11H14N4O. The Hall–Kier alpha value is -1.91. The van der Waals surface area contributed by atoms with Crippen molar-refractivity contribution in [2.24, 2.45) is 5.92 Å². The molecule has 0 unspecified atom stereocenters. The summed E-state index contributed by atoms with van der Waals surface area (Å²) in [5.41, 5.74) is 1.23. The summed E-state index contributed by atoms with van der Waals surface area (Å²) in [6, 6.07) is 1.79. The van der Waals surface area contributed by atoms with Gasteiger partial charge in [-0.1, -0.05) is 13.8 Å². The number of carbonyl (C=O) groups is 1. The SMILES string of the molecule is CC(C)CNC(=O)c1n[nH]c2ccncc12. The number of aromatic amines is 1. The van der Waals surface area contributed by atoms with Gasteiger partial charge >= 0.3 is 0 Å². The summed E-state index contributed by atoms with van der Waals surface area (Å²) >= 11 is 0. The van der Waals surface area contributed by atoms with Crippen molar-refractivity contribution in [2.45, 2.75) is 13.8 Å². The van der Waals surface area contributed by atoms with Crippen LogP contribution in [0.3, 0.4) is 0 Å². The third-order valence-corrected chi connectivity index (χ3v) is 2.25. The van der Waals surface area contributed by atoms with Crippen LogP contribution in [0.4, 0.5) is 0 Å². The number of aromatic nitrogens is 3. The first-order valence-corrected chi connectivity index (χ1v) is 5.24. The minimum atomic E-state index is -0.159. The van der Waals surface area contributed by atoms with E-state index < -0.39 is 0 Å². The maximum absolute atomic E-state index is 11.8. The number of hydrogen-bond acceptors (Lipinski definition) is 3. The van der Waals surface area contributed by atoms with Crippen LogP contribution in [0.1, 0.15) is 24.3 Å². The molecule has 0 bridgehead atoms. The van der Waals surface area contributed by atoms with Crippen molar-refractivity contribution < 1.29 is 4.79 Å². The summed E-state index contributed by atoms with van der Waals surface area (Å²) in [5.74, 6) is 0.264. The summed E-state index contributed by atoms with van der Waals surface area (Å²) in [6.45, 7) is 4.74. The summed E-state index contributed by atoms with van der Waals surface area (Å²) in [6.07, 6.45) is 3.30. The Labute approximate surface area is 93.3 Å². The van der Waals surface area contributed by atoms with Gasteiger partial charge in [-0.2, -0.15) is 5.10 Å². The fourth-order valence-electron chi connectivity index (χ4n) is 1.41. The third-order valence-electron chi connectivity index (χ3n) is 2.25. The van der Waals surface area contributed by atoms with E-state index in [1.54, 1.807) is 18.5 Å². The molecule has 0 aliphatic heterocycles. The van der Waals surface area contributed by atoms with E-state index >= 15 is 0 Å². The molecule has 0 radical (unpaired) electrons. The van der Waals surface area contributed by atoms with E-state index in [1.165, 1.54) is 0 Å². The zero-order chi connectivity index (χ0) is 11.5. The summed E-state index contributed by atoms with van der Waals surface area (Å²) in [4.78, 5) is 15.8. The number of rotatable bonds is 3. The van der Waals surface area contributed by atoms with Gasteiger partial charge < -0.3 is 5.32 Å². The molecule has 0 aromatic carbocycles. The molecule has 0 aliphatic carbocycles. The second-order valence-electron chi connectivity index (χ2n) is 4.10. The Kier molecular flexibility index (Phi) is 2.85. The number of fused-ring (bicyclic) bond motifs is 1. The summed E-state index contributed by atoms with van der Waals surface area (Å²) < 4.78 is 0. The van der Waals surface area contributed by atoms with Gasteiger partial charge in [0.2, 0.25) is 0 Å². The molecule has 84 valence electrons. The molecule has 2 rings (SSSR count). The number of nitrogens with one attached hydrogen (secondary N) is 2. The lowest BCUT2D eigenvalue weighted by Gasteiger charge is -2.05. The Morgan fingerprint density at radius 2 is 2.38 bits per heavy atom. The summed E-state index contributed by atoms with van der Waals surface area (Å²) in [5, 5.41) is 10.4. The van der Waals surface area contributed by atoms with Crippen molar-refractivity contribution in [3.05, 3.63) is 24.2 Å². The second-order valence-corrected chi connectivity index (χ2v) is 4.10. The Morgan fingerprint density at radius 3 is 3.12 bits per heavy atom. The monoisotopic (exact) mass is 218 g/mol. The zero-order valence-corrected chi connectivity index (χ0v) is 9.32. The van der Waals surface area contributed by atoms with Gasteiger partial charge in [0.1, 0.15) is 0 Å². The molecule has 0 saturated carbocycles. The van der Waals surface area contributed by atoms with Crippen LogP contribution in [0.25, 0.3) is 10.9 Å². The number of pyridine rings is 1. The molecular weight excluding hydrogens is 204 g/mol. The molecule has 1 amide bonds. The van der Waals surface area contributed by atoms with Gasteiger partial charge in [0.15, 0.2) is 5.69 Å². The van der Waals surface area contributed by atoms with Crippen LogP contribution in [-0.2, 0) is 0 Å². The van der Waals surface area contributed by atoms with Crippen molar-refractivity contribution >= 4 is 16.8 Å². The predicted octanol–water partition coefficient (Wildman–Crippen LogP) is 1.34. The van der Waals surface area contributed by atoms with Gasteiger partial charge in [-0.15, -0.1) is 0 Å². The fourth-order valence-corrected chi connectivity index (χ4v) is 1.41. The van der Waals surface area contributed by atoms with E-state index in [0.29, 0.717) is 18.2 Å². The van der Waals surface area contributed by atoms with Gasteiger partial charge in [0.25, 0.3) is 5.91 Å². The maximum Gasteiger partial charge on any atom is 0.272 e. The molecule has 2 heterocycles. The average molecular weight is 218 g/mol. The highest BCUT2D eigenvalue weighted by molar-refractivity contribution is 6.04. The molecule has 5 heteroatoms. The Morgan fingerprint density at radius 1 is 1.56 bits per heavy atom. The van der Waals surface area contributed by atoms with Gasteiger partial charge in [0, 0.05) is 18.9 Å². The van der Waals surface area contributed by atoms with Crippen molar-refractivity contribution in [3.8, 4) is 0 Å². The van der Waals surface area contributed by atoms with Crippen LogP contribution in [0.15, 0.2) is 18.5 Å². The molecule has 16 heavy (non-hydrogen) atoms.